The lowest BCUT2D eigenvalue weighted by atomic mass is 10.2. The maximum Gasteiger partial charge on any atom is 0.265 e. The van der Waals surface area contributed by atoms with Crippen LogP contribution in [-0.4, -0.2) is 9.78 Å². The molecule has 5 heteroatoms. The first-order chi connectivity index (χ1) is 7.78. The van der Waals surface area contributed by atoms with E-state index in [1.165, 1.54) is 5.56 Å². The molecule has 2 aromatic rings. The van der Waals surface area contributed by atoms with E-state index in [1.54, 1.807) is 0 Å². The van der Waals surface area contributed by atoms with Gasteiger partial charge < -0.3 is 17.0 Å². The molecule has 0 aliphatic heterocycles. The third-order valence-electron chi connectivity index (χ3n) is 2.36. The average Bonchev–Trinajstić information content (AvgIpc) is 2.70. The van der Waals surface area contributed by atoms with Crippen molar-refractivity contribution >= 4 is 15.9 Å². The zero-order valence-electron chi connectivity index (χ0n) is 9.68. The SMILES string of the molecule is CCCn1c[n+](Cc2ccc(Br)cc2)cn1.[Br-]. The van der Waals surface area contributed by atoms with Gasteiger partial charge in [0.1, 0.15) is 6.54 Å². The standard InChI is InChI=1S/C12H15BrN3.BrH/c1-2-7-16-10-15(9-14-16)8-11-3-5-12(13)6-4-11;/h3-6,9-10H,2,7-8H2,1H3;1H/q+1;/p-1. The van der Waals surface area contributed by atoms with E-state index in [0.29, 0.717) is 0 Å². The third-order valence-corrected chi connectivity index (χ3v) is 2.89. The summed E-state index contributed by atoms with van der Waals surface area (Å²) in [7, 11) is 0. The number of halogens is 2. The van der Waals surface area contributed by atoms with E-state index >= 15 is 0 Å². The summed E-state index contributed by atoms with van der Waals surface area (Å²) in [5.41, 5.74) is 1.28. The molecule has 0 aliphatic rings. The van der Waals surface area contributed by atoms with Gasteiger partial charge in [0.15, 0.2) is 0 Å². The molecule has 0 saturated carbocycles. The van der Waals surface area contributed by atoms with Gasteiger partial charge in [-0.05, 0) is 24.1 Å². The molecule has 0 amide bonds. The second kappa shape index (κ2) is 6.91. The van der Waals surface area contributed by atoms with E-state index in [-0.39, 0.29) is 17.0 Å². The highest BCUT2D eigenvalue weighted by molar-refractivity contribution is 9.10. The maximum absolute atomic E-state index is 4.29. The number of nitrogens with zero attached hydrogens (tertiary/aromatic N) is 3. The third kappa shape index (κ3) is 4.24. The van der Waals surface area contributed by atoms with Gasteiger partial charge in [0.25, 0.3) is 6.33 Å². The lowest BCUT2D eigenvalue weighted by molar-refractivity contribution is -0.689. The fourth-order valence-corrected chi connectivity index (χ4v) is 1.85. The van der Waals surface area contributed by atoms with E-state index in [2.05, 4.69) is 56.8 Å². The quantitative estimate of drug-likeness (QED) is 0.667. The molecular weight excluding hydrogens is 346 g/mol. The highest BCUT2D eigenvalue weighted by Crippen LogP contribution is 2.09. The summed E-state index contributed by atoms with van der Waals surface area (Å²) >= 11 is 3.43. The van der Waals surface area contributed by atoms with E-state index < -0.39 is 0 Å². The second-order valence-corrected chi connectivity index (χ2v) is 4.72. The molecule has 17 heavy (non-hydrogen) atoms. The van der Waals surface area contributed by atoms with Crippen LogP contribution in [0, 0.1) is 0 Å². The van der Waals surface area contributed by atoms with Gasteiger partial charge in [0.2, 0.25) is 6.33 Å². The van der Waals surface area contributed by atoms with Crippen molar-refractivity contribution in [1.29, 1.82) is 0 Å². The van der Waals surface area contributed by atoms with Crippen molar-refractivity contribution in [2.75, 3.05) is 0 Å². The number of hydrogen-bond acceptors (Lipinski definition) is 1. The minimum Gasteiger partial charge on any atom is -1.00 e. The van der Waals surface area contributed by atoms with E-state index in [4.69, 9.17) is 0 Å². The topological polar surface area (TPSA) is 21.7 Å². The molecule has 0 aliphatic carbocycles. The van der Waals surface area contributed by atoms with Crippen molar-refractivity contribution in [2.24, 2.45) is 0 Å². The Bertz CT molecular complexity index is 451. The van der Waals surface area contributed by atoms with Gasteiger partial charge in [-0.2, -0.15) is 0 Å². The second-order valence-electron chi connectivity index (χ2n) is 3.81. The Morgan fingerprint density at radius 1 is 1.29 bits per heavy atom. The number of benzene rings is 1. The molecule has 0 atom stereocenters. The van der Waals surface area contributed by atoms with Crippen molar-refractivity contribution in [3.8, 4) is 0 Å². The van der Waals surface area contributed by atoms with Gasteiger partial charge in [0.05, 0.1) is 6.54 Å². The van der Waals surface area contributed by atoms with Crippen LogP contribution in [0.2, 0.25) is 0 Å². The van der Waals surface area contributed by atoms with Crippen LogP contribution in [-0.2, 0) is 13.1 Å². The minimum absolute atomic E-state index is 0. The molecule has 0 bridgehead atoms. The first kappa shape index (κ1) is 14.4. The van der Waals surface area contributed by atoms with Crippen LogP contribution in [0.3, 0.4) is 0 Å². The highest BCUT2D eigenvalue weighted by Gasteiger charge is 2.04. The van der Waals surface area contributed by atoms with E-state index in [9.17, 15) is 0 Å². The molecular formula is C12H15Br2N3. The van der Waals surface area contributed by atoms with E-state index in [1.807, 2.05) is 17.3 Å². The monoisotopic (exact) mass is 359 g/mol. The Kier molecular flexibility index (Phi) is 5.85. The summed E-state index contributed by atoms with van der Waals surface area (Å²) in [6.45, 7) is 4.01. The Morgan fingerprint density at radius 3 is 2.65 bits per heavy atom. The fourth-order valence-electron chi connectivity index (χ4n) is 1.59. The fraction of sp³-hybridized carbons (Fsp3) is 0.333. The van der Waals surface area contributed by atoms with Gasteiger partial charge >= 0.3 is 0 Å². The molecule has 0 spiro atoms. The molecule has 2 rings (SSSR count). The Balaban J connectivity index is 0.00000144. The maximum atomic E-state index is 4.29. The molecule has 0 N–H and O–H groups in total. The molecule has 0 fully saturated rings. The predicted octanol–water partition coefficient (Wildman–Crippen LogP) is -0.605. The Hall–Kier alpha value is -0.680. The summed E-state index contributed by atoms with van der Waals surface area (Å²) in [5, 5.41) is 4.29. The largest absolute Gasteiger partial charge is 1.00 e. The van der Waals surface area contributed by atoms with Crippen molar-refractivity contribution in [3.63, 3.8) is 0 Å². The lowest BCUT2D eigenvalue weighted by Gasteiger charge is -1.97. The van der Waals surface area contributed by atoms with Crippen molar-refractivity contribution in [3.05, 3.63) is 47.0 Å². The number of aromatic nitrogens is 3. The molecule has 0 saturated heterocycles. The summed E-state index contributed by atoms with van der Waals surface area (Å²) in [4.78, 5) is 0. The number of hydrogen-bond donors (Lipinski definition) is 0. The van der Waals surface area contributed by atoms with Gasteiger partial charge in [-0.3, -0.25) is 0 Å². The summed E-state index contributed by atoms with van der Waals surface area (Å²) in [6, 6.07) is 8.36. The van der Waals surface area contributed by atoms with Crippen LogP contribution >= 0.6 is 15.9 Å². The van der Waals surface area contributed by atoms with Crippen LogP contribution in [0.15, 0.2) is 41.4 Å². The van der Waals surface area contributed by atoms with Gasteiger partial charge in [-0.1, -0.05) is 35.0 Å². The lowest BCUT2D eigenvalue weighted by Crippen LogP contribution is -3.00. The molecule has 1 aromatic heterocycles. The van der Waals surface area contributed by atoms with Gasteiger partial charge in [0, 0.05) is 9.57 Å². The molecule has 0 unspecified atom stereocenters. The van der Waals surface area contributed by atoms with Crippen LogP contribution in [0.4, 0.5) is 0 Å². The predicted molar refractivity (Wildman–Crippen MR) is 66.0 cm³/mol. The van der Waals surface area contributed by atoms with Crippen molar-refractivity contribution in [2.45, 2.75) is 26.4 Å². The highest BCUT2D eigenvalue weighted by atomic mass is 79.9. The van der Waals surface area contributed by atoms with Crippen LogP contribution in [0.25, 0.3) is 0 Å². The molecule has 0 radical (unpaired) electrons. The molecule has 92 valence electrons. The first-order valence-electron chi connectivity index (χ1n) is 5.44. The Morgan fingerprint density at radius 2 is 2.00 bits per heavy atom. The van der Waals surface area contributed by atoms with E-state index in [0.717, 1.165) is 24.0 Å². The van der Waals surface area contributed by atoms with Crippen LogP contribution < -0.4 is 21.5 Å². The summed E-state index contributed by atoms with van der Waals surface area (Å²) in [5.74, 6) is 0. The number of rotatable bonds is 4. The molecule has 3 nitrogen and oxygen atoms in total. The van der Waals surface area contributed by atoms with Gasteiger partial charge in [-0.25, -0.2) is 4.57 Å². The first-order valence-corrected chi connectivity index (χ1v) is 6.23. The zero-order chi connectivity index (χ0) is 11.4. The van der Waals surface area contributed by atoms with Crippen LogP contribution in [0.1, 0.15) is 18.9 Å². The minimum atomic E-state index is 0. The number of aryl methyl sites for hydroxylation is 1. The Labute approximate surface area is 120 Å². The molecule has 1 heterocycles. The summed E-state index contributed by atoms with van der Waals surface area (Å²) < 4.78 is 5.18. The average molecular weight is 361 g/mol. The normalized spacial score (nSPS) is 10.0. The summed E-state index contributed by atoms with van der Waals surface area (Å²) in [6.07, 6.45) is 5.03. The van der Waals surface area contributed by atoms with Gasteiger partial charge in [-0.15, -0.1) is 4.68 Å². The van der Waals surface area contributed by atoms with Crippen molar-refractivity contribution in [1.82, 2.24) is 9.78 Å². The zero-order valence-corrected chi connectivity index (χ0v) is 12.9. The molecule has 1 aromatic carbocycles. The van der Waals surface area contributed by atoms with Crippen molar-refractivity contribution < 1.29 is 21.5 Å². The smallest absolute Gasteiger partial charge is 0.265 e. The van der Waals surface area contributed by atoms with Crippen LogP contribution in [0.5, 0.6) is 0 Å².